The van der Waals surface area contributed by atoms with Crippen molar-refractivity contribution in [2.75, 3.05) is 26.2 Å². The number of halogens is 2. The van der Waals surface area contributed by atoms with Crippen molar-refractivity contribution < 1.29 is 4.79 Å². The van der Waals surface area contributed by atoms with Crippen LogP contribution in [0.4, 0.5) is 0 Å². The number of rotatable bonds is 5. The number of nitrogens with two attached hydrogens (primary N) is 1. The maximum absolute atomic E-state index is 12.7. The van der Waals surface area contributed by atoms with E-state index in [0.29, 0.717) is 0 Å². The molecule has 128 valence electrons. The molecule has 1 amide bonds. The highest BCUT2D eigenvalue weighted by Gasteiger charge is 2.37. The van der Waals surface area contributed by atoms with Crippen LogP contribution >= 0.6 is 24.8 Å². The SMILES string of the molecule is CCC(C(=O)N1CCC(N)C(C)(C)C1)N(CC)CC.Cl.Cl. The van der Waals surface area contributed by atoms with E-state index >= 15 is 0 Å². The first-order chi connectivity index (χ1) is 8.87. The van der Waals surface area contributed by atoms with Gasteiger partial charge in [0.25, 0.3) is 0 Å². The highest BCUT2D eigenvalue weighted by atomic mass is 35.5. The number of likely N-dealkylation sites (tertiary alicyclic amines) is 1. The highest BCUT2D eigenvalue weighted by molar-refractivity contribution is 5.85. The molecule has 1 rings (SSSR count). The predicted octanol–water partition coefficient (Wildman–Crippen LogP) is 2.54. The number of carbonyl (C=O) groups is 1. The third-order valence-corrected chi connectivity index (χ3v) is 4.55. The van der Waals surface area contributed by atoms with Gasteiger partial charge in [-0.1, -0.05) is 34.6 Å². The van der Waals surface area contributed by atoms with Gasteiger partial charge in [-0.05, 0) is 31.3 Å². The summed E-state index contributed by atoms with van der Waals surface area (Å²) in [6, 6.07) is 0.227. The Morgan fingerprint density at radius 1 is 1.29 bits per heavy atom. The van der Waals surface area contributed by atoms with Crippen molar-refractivity contribution in [2.24, 2.45) is 11.1 Å². The van der Waals surface area contributed by atoms with Gasteiger partial charge in [0, 0.05) is 19.1 Å². The molecule has 2 atom stereocenters. The van der Waals surface area contributed by atoms with Crippen molar-refractivity contribution in [3.8, 4) is 0 Å². The molecular formula is C15H33Cl2N3O. The zero-order chi connectivity index (χ0) is 14.6. The predicted molar refractivity (Wildman–Crippen MR) is 94.4 cm³/mol. The third-order valence-electron chi connectivity index (χ3n) is 4.55. The molecule has 1 fully saturated rings. The number of hydrogen-bond acceptors (Lipinski definition) is 3. The summed E-state index contributed by atoms with van der Waals surface area (Å²) in [5, 5.41) is 0. The lowest BCUT2D eigenvalue weighted by Gasteiger charge is -2.44. The molecule has 0 saturated carbocycles. The molecule has 0 spiro atoms. The van der Waals surface area contributed by atoms with Crippen molar-refractivity contribution in [3.63, 3.8) is 0 Å². The fourth-order valence-electron chi connectivity index (χ4n) is 3.03. The Hall–Kier alpha value is -0.0300. The Balaban J connectivity index is 0. The van der Waals surface area contributed by atoms with Crippen LogP contribution in [0, 0.1) is 5.41 Å². The van der Waals surface area contributed by atoms with Gasteiger partial charge in [0.05, 0.1) is 6.04 Å². The Bertz CT molecular complexity index is 309. The molecule has 4 nitrogen and oxygen atoms in total. The van der Waals surface area contributed by atoms with Gasteiger partial charge >= 0.3 is 0 Å². The van der Waals surface area contributed by atoms with Crippen molar-refractivity contribution in [3.05, 3.63) is 0 Å². The van der Waals surface area contributed by atoms with Crippen molar-refractivity contribution in [2.45, 2.75) is 59.5 Å². The number of piperidine rings is 1. The Labute approximate surface area is 142 Å². The van der Waals surface area contributed by atoms with E-state index in [9.17, 15) is 4.79 Å². The second-order valence-corrected chi connectivity index (χ2v) is 6.29. The summed E-state index contributed by atoms with van der Waals surface area (Å²) in [7, 11) is 0. The second kappa shape index (κ2) is 9.88. The normalized spacial score (nSPS) is 22.2. The van der Waals surface area contributed by atoms with Gasteiger partial charge in [0.2, 0.25) is 5.91 Å². The van der Waals surface area contributed by atoms with Crippen molar-refractivity contribution in [1.29, 1.82) is 0 Å². The molecule has 0 bridgehead atoms. The zero-order valence-electron chi connectivity index (χ0n) is 14.1. The lowest BCUT2D eigenvalue weighted by atomic mass is 9.79. The molecule has 1 saturated heterocycles. The van der Waals surface area contributed by atoms with Crippen LogP contribution in [0.15, 0.2) is 0 Å². The average molecular weight is 342 g/mol. The van der Waals surface area contributed by atoms with E-state index in [4.69, 9.17) is 5.73 Å². The molecule has 0 aromatic rings. The minimum atomic E-state index is 0. The summed E-state index contributed by atoms with van der Waals surface area (Å²) in [5.41, 5.74) is 6.17. The van der Waals surface area contributed by atoms with E-state index in [1.54, 1.807) is 0 Å². The molecule has 2 N–H and O–H groups in total. The van der Waals surface area contributed by atoms with Crippen LogP contribution in [-0.2, 0) is 4.79 Å². The molecule has 6 heteroatoms. The van der Waals surface area contributed by atoms with Gasteiger partial charge in [-0.2, -0.15) is 0 Å². The number of amides is 1. The highest BCUT2D eigenvalue weighted by Crippen LogP contribution is 2.28. The first-order valence-electron chi connectivity index (χ1n) is 7.65. The number of nitrogens with zero attached hydrogens (tertiary/aromatic N) is 2. The molecular weight excluding hydrogens is 309 g/mol. The monoisotopic (exact) mass is 341 g/mol. The maximum Gasteiger partial charge on any atom is 0.239 e. The number of hydrogen-bond donors (Lipinski definition) is 1. The summed E-state index contributed by atoms with van der Waals surface area (Å²) in [6.45, 7) is 14.1. The van der Waals surface area contributed by atoms with Crippen molar-refractivity contribution >= 4 is 30.7 Å². The largest absolute Gasteiger partial charge is 0.341 e. The molecule has 21 heavy (non-hydrogen) atoms. The van der Waals surface area contributed by atoms with Gasteiger partial charge in [-0.25, -0.2) is 0 Å². The Morgan fingerprint density at radius 3 is 2.19 bits per heavy atom. The fraction of sp³-hybridized carbons (Fsp3) is 0.933. The summed E-state index contributed by atoms with van der Waals surface area (Å²) in [6.07, 6.45) is 1.79. The number of likely N-dealkylation sites (N-methyl/N-ethyl adjacent to an activating group) is 1. The van der Waals surface area contributed by atoms with Crippen LogP contribution < -0.4 is 5.73 Å². The van der Waals surface area contributed by atoms with Crippen LogP contribution in [0.3, 0.4) is 0 Å². The van der Waals surface area contributed by atoms with Crippen LogP contribution in [0.5, 0.6) is 0 Å². The summed E-state index contributed by atoms with van der Waals surface area (Å²) in [4.78, 5) is 17.0. The lowest BCUT2D eigenvalue weighted by Crippen LogP contribution is -2.57. The van der Waals surface area contributed by atoms with E-state index in [2.05, 4.69) is 39.5 Å². The van der Waals surface area contributed by atoms with Crippen LogP contribution in [0.25, 0.3) is 0 Å². The first-order valence-corrected chi connectivity index (χ1v) is 7.65. The summed E-state index contributed by atoms with van der Waals surface area (Å²) >= 11 is 0. The smallest absolute Gasteiger partial charge is 0.239 e. The van der Waals surface area contributed by atoms with Gasteiger partial charge in [0.1, 0.15) is 0 Å². The van der Waals surface area contributed by atoms with Gasteiger partial charge < -0.3 is 10.6 Å². The Kier molecular flexibility index (Phi) is 10.9. The molecule has 0 radical (unpaired) electrons. The van der Waals surface area contributed by atoms with E-state index < -0.39 is 0 Å². The zero-order valence-corrected chi connectivity index (χ0v) is 15.7. The molecule has 0 aromatic carbocycles. The van der Waals surface area contributed by atoms with Gasteiger partial charge in [-0.15, -0.1) is 24.8 Å². The summed E-state index contributed by atoms with van der Waals surface area (Å²) < 4.78 is 0. The summed E-state index contributed by atoms with van der Waals surface area (Å²) in [5.74, 6) is 0.283. The maximum atomic E-state index is 12.7. The molecule has 2 unspecified atom stereocenters. The average Bonchev–Trinajstić information content (AvgIpc) is 2.38. The van der Waals surface area contributed by atoms with Crippen LogP contribution in [0.2, 0.25) is 0 Å². The topological polar surface area (TPSA) is 49.6 Å². The second-order valence-electron chi connectivity index (χ2n) is 6.29. The standard InChI is InChI=1S/C15H31N3O.2ClH/c1-6-12(17(7-2)8-3)14(19)18-10-9-13(16)15(4,5)11-18;;/h12-13H,6-11,16H2,1-5H3;2*1H. The Morgan fingerprint density at radius 2 is 1.81 bits per heavy atom. The third kappa shape index (κ3) is 5.59. The molecule has 0 aromatic heterocycles. The first kappa shape index (κ1) is 23.2. The van der Waals surface area contributed by atoms with Crippen molar-refractivity contribution in [1.82, 2.24) is 9.80 Å². The number of carbonyl (C=O) groups excluding carboxylic acids is 1. The molecule has 1 aliphatic rings. The molecule has 1 aliphatic heterocycles. The van der Waals surface area contributed by atoms with E-state index in [-0.39, 0.29) is 48.2 Å². The lowest BCUT2D eigenvalue weighted by molar-refractivity contribution is -0.140. The minimum Gasteiger partial charge on any atom is -0.341 e. The molecule has 0 aliphatic carbocycles. The van der Waals surface area contributed by atoms with Gasteiger partial charge in [0.15, 0.2) is 0 Å². The van der Waals surface area contributed by atoms with E-state index in [1.807, 2.05) is 4.90 Å². The molecule has 1 heterocycles. The van der Waals surface area contributed by atoms with Crippen LogP contribution in [0.1, 0.15) is 47.5 Å². The quantitative estimate of drug-likeness (QED) is 0.835. The van der Waals surface area contributed by atoms with E-state index in [0.717, 1.165) is 39.0 Å². The van der Waals surface area contributed by atoms with Crippen LogP contribution in [-0.4, -0.2) is 54.0 Å². The minimum absolute atomic E-state index is 0. The fourth-order valence-corrected chi connectivity index (χ4v) is 3.03. The van der Waals surface area contributed by atoms with E-state index in [1.165, 1.54) is 0 Å². The van der Waals surface area contributed by atoms with Gasteiger partial charge in [-0.3, -0.25) is 9.69 Å².